The molecule has 2 aromatic heterocycles. The molecule has 2 heterocycles. The molecular formula is C30H34F3N5O5S. The number of hydrogen-bond acceptors (Lipinski definition) is 7. The minimum Gasteiger partial charge on any atom is -0.444 e. The number of alkyl carbamates (subject to hydrolysis) is 1. The second-order valence-corrected chi connectivity index (χ2v) is 13.6. The van der Waals surface area contributed by atoms with Crippen LogP contribution in [0.5, 0.6) is 0 Å². The van der Waals surface area contributed by atoms with Crippen molar-refractivity contribution < 1.29 is 35.9 Å². The summed E-state index contributed by atoms with van der Waals surface area (Å²) >= 11 is 0. The summed E-state index contributed by atoms with van der Waals surface area (Å²) < 4.78 is 75.7. The lowest BCUT2D eigenvalue weighted by atomic mass is 9.73. The molecule has 0 radical (unpaired) electrons. The van der Waals surface area contributed by atoms with E-state index in [2.05, 4.69) is 25.3 Å². The second-order valence-electron chi connectivity index (χ2n) is 11.9. The zero-order valence-electron chi connectivity index (χ0n) is 24.8. The number of ether oxygens (including phenoxy) is 1. The van der Waals surface area contributed by atoms with E-state index in [0.29, 0.717) is 17.7 Å². The molecule has 10 nitrogen and oxygen atoms in total. The maximum absolute atomic E-state index is 14.6. The van der Waals surface area contributed by atoms with Gasteiger partial charge in [0.05, 0.1) is 23.7 Å². The molecule has 2 amide bonds. The molecule has 1 saturated carbocycles. The highest BCUT2D eigenvalue weighted by Gasteiger charge is 2.40. The van der Waals surface area contributed by atoms with Crippen LogP contribution in [0.4, 0.5) is 23.7 Å². The van der Waals surface area contributed by atoms with E-state index in [1.165, 1.54) is 12.4 Å². The Morgan fingerprint density at radius 3 is 2.32 bits per heavy atom. The molecule has 44 heavy (non-hydrogen) atoms. The lowest BCUT2D eigenvalue weighted by molar-refractivity contribution is 0.0466. The van der Waals surface area contributed by atoms with Gasteiger partial charge in [-0.05, 0) is 81.3 Å². The first-order valence-electron chi connectivity index (χ1n) is 13.9. The number of carbonyl (C=O) groups is 2. The summed E-state index contributed by atoms with van der Waals surface area (Å²) in [6.45, 7) is 6.98. The monoisotopic (exact) mass is 633 g/mol. The van der Waals surface area contributed by atoms with Crippen molar-refractivity contribution in [2.75, 3.05) is 11.6 Å². The third-order valence-corrected chi connectivity index (χ3v) is 7.81. The SMILES string of the molecule is C[C@H]1C[C@@H](c2ccncc2NC(=O)c2ccc(F)c(-c3c(F)cccc3F)n2)C[C@@H](NC(=O)OC(C)(C)C)[C@H]1NS(C)(=O)=O. The van der Waals surface area contributed by atoms with Gasteiger partial charge in [0.25, 0.3) is 5.91 Å². The summed E-state index contributed by atoms with van der Waals surface area (Å²) in [5, 5.41) is 5.51. The number of aromatic nitrogens is 2. The van der Waals surface area contributed by atoms with Gasteiger partial charge in [0.1, 0.15) is 34.4 Å². The Morgan fingerprint density at radius 2 is 1.68 bits per heavy atom. The van der Waals surface area contributed by atoms with Crippen molar-refractivity contribution in [1.82, 2.24) is 20.0 Å². The number of sulfonamides is 1. The fraction of sp³-hybridized carbons (Fsp3) is 0.400. The topological polar surface area (TPSA) is 139 Å². The van der Waals surface area contributed by atoms with E-state index in [-0.39, 0.29) is 24.0 Å². The number of halogens is 3. The Balaban J connectivity index is 1.62. The number of hydrogen-bond donors (Lipinski definition) is 3. The fourth-order valence-corrected chi connectivity index (χ4v) is 6.26. The first kappa shape index (κ1) is 32.9. The molecule has 1 aliphatic carbocycles. The largest absolute Gasteiger partial charge is 0.444 e. The van der Waals surface area contributed by atoms with Gasteiger partial charge in [-0.2, -0.15) is 0 Å². The Bertz CT molecular complexity index is 1640. The quantitative estimate of drug-likeness (QED) is 0.328. The molecular weight excluding hydrogens is 599 g/mol. The van der Waals surface area contributed by atoms with Crippen molar-refractivity contribution in [2.24, 2.45) is 5.92 Å². The summed E-state index contributed by atoms with van der Waals surface area (Å²) in [5.74, 6) is -4.38. The standard InChI is InChI=1S/C30H34F3N5O5S/c1-16-13-17(14-23(26(16)38-44(5,41)42)37-29(40)43-30(2,3)4)18-11-12-34-15-24(18)36-28(39)22-10-9-21(33)27(35-22)25-19(31)7-6-8-20(25)32/h6-12,15-17,23,26,38H,13-14H2,1-5H3,(H,36,39)(H,37,40)/t16-,17+,23+,26-/m0/s1. The molecule has 3 aromatic rings. The van der Waals surface area contributed by atoms with Gasteiger partial charge in [-0.3, -0.25) is 9.78 Å². The zero-order chi connectivity index (χ0) is 32.4. The first-order chi connectivity index (χ1) is 20.5. The van der Waals surface area contributed by atoms with Gasteiger partial charge < -0.3 is 15.4 Å². The highest BCUT2D eigenvalue weighted by atomic mass is 32.2. The van der Waals surface area contributed by atoms with Crippen LogP contribution in [-0.4, -0.2) is 54.3 Å². The third-order valence-electron chi connectivity index (χ3n) is 7.11. The molecule has 0 spiro atoms. The van der Waals surface area contributed by atoms with Crippen LogP contribution in [0.2, 0.25) is 0 Å². The summed E-state index contributed by atoms with van der Waals surface area (Å²) in [7, 11) is -3.62. The highest BCUT2D eigenvalue weighted by molar-refractivity contribution is 7.88. The van der Waals surface area contributed by atoms with Gasteiger partial charge >= 0.3 is 6.09 Å². The number of anilines is 1. The Morgan fingerprint density at radius 1 is 1.00 bits per heavy atom. The first-order valence-corrected chi connectivity index (χ1v) is 15.7. The minimum atomic E-state index is -3.62. The molecule has 1 aliphatic rings. The number of benzene rings is 1. The number of nitrogens with one attached hydrogen (secondary N) is 3. The number of amides is 2. The van der Waals surface area contributed by atoms with Crippen LogP contribution in [0.1, 0.15) is 62.5 Å². The van der Waals surface area contributed by atoms with E-state index in [0.717, 1.165) is 36.6 Å². The van der Waals surface area contributed by atoms with Gasteiger partial charge in [0.15, 0.2) is 0 Å². The van der Waals surface area contributed by atoms with Crippen molar-refractivity contribution in [3.05, 3.63) is 77.5 Å². The predicted octanol–water partition coefficient (Wildman–Crippen LogP) is 5.14. The van der Waals surface area contributed by atoms with E-state index >= 15 is 0 Å². The number of rotatable bonds is 7. The third kappa shape index (κ3) is 8.11. The summed E-state index contributed by atoms with van der Waals surface area (Å²) in [6.07, 6.45) is 4.05. The van der Waals surface area contributed by atoms with Gasteiger partial charge in [-0.15, -0.1) is 0 Å². The Kier molecular flexibility index (Phi) is 9.64. The van der Waals surface area contributed by atoms with E-state index in [1.54, 1.807) is 26.8 Å². The van der Waals surface area contributed by atoms with E-state index in [9.17, 15) is 31.2 Å². The van der Waals surface area contributed by atoms with Crippen molar-refractivity contribution in [3.63, 3.8) is 0 Å². The van der Waals surface area contributed by atoms with Crippen molar-refractivity contribution in [1.29, 1.82) is 0 Å². The highest BCUT2D eigenvalue weighted by Crippen LogP contribution is 2.39. The number of carbonyl (C=O) groups excluding carboxylic acids is 2. The molecule has 0 saturated heterocycles. The molecule has 14 heteroatoms. The molecule has 4 rings (SSSR count). The van der Waals surface area contributed by atoms with E-state index < -0.39 is 68.4 Å². The molecule has 0 bridgehead atoms. The maximum Gasteiger partial charge on any atom is 0.407 e. The van der Waals surface area contributed by atoms with Crippen LogP contribution >= 0.6 is 0 Å². The van der Waals surface area contributed by atoms with Gasteiger partial charge in [-0.25, -0.2) is 36.1 Å². The van der Waals surface area contributed by atoms with E-state index in [4.69, 9.17) is 4.74 Å². The van der Waals surface area contributed by atoms with Gasteiger partial charge in [-0.1, -0.05) is 13.0 Å². The van der Waals surface area contributed by atoms with Gasteiger partial charge in [0, 0.05) is 18.3 Å². The van der Waals surface area contributed by atoms with Crippen molar-refractivity contribution >= 4 is 27.7 Å². The zero-order valence-corrected chi connectivity index (χ0v) is 25.6. The number of pyridine rings is 2. The van der Waals surface area contributed by atoms with Crippen LogP contribution in [0.25, 0.3) is 11.3 Å². The van der Waals surface area contributed by atoms with Crippen LogP contribution < -0.4 is 15.4 Å². The molecule has 4 atom stereocenters. The Labute approximate surface area is 253 Å². The lowest BCUT2D eigenvalue weighted by Gasteiger charge is -2.41. The fourth-order valence-electron chi connectivity index (χ4n) is 5.37. The minimum absolute atomic E-state index is 0.253. The Hall–Kier alpha value is -4.04. The predicted molar refractivity (Wildman–Crippen MR) is 158 cm³/mol. The van der Waals surface area contributed by atoms with E-state index in [1.807, 2.05) is 6.92 Å². The average molecular weight is 634 g/mol. The maximum atomic E-state index is 14.6. The molecule has 236 valence electrons. The second kappa shape index (κ2) is 12.9. The van der Waals surface area contributed by atoms with Crippen LogP contribution in [0, 0.1) is 23.4 Å². The molecule has 0 aliphatic heterocycles. The summed E-state index contributed by atoms with van der Waals surface area (Å²) in [4.78, 5) is 34.0. The van der Waals surface area contributed by atoms with Crippen molar-refractivity contribution in [3.8, 4) is 11.3 Å². The van der Waals surface area contributed by atoms with Crippen LogP contribution in [0.3, 0.4) is 0 Å². The number of nitrogens with zero attached hydrogens (tertiary/aromatic N) is 2. The smallest absolute Gasteiger partial charge is 0.407 e. The average Bonchev–Trinajstić information content (AvgIpc) is 2.90. The lowest BCUT2D eigenvalue weighted by Crippen LogP contribution is -2.57. The van der Waals surface area contributed by atoms with Crippen LogP contribution in [0.15, 0.2) is 48.8 Å². The van der Waals surface area contributed by atoms with Crippen molar-refractivity contribution in [2.45, 2.75) is 64.1 Å². The summed E-state index contributed by atoms with van der Waals surface area (Å²) in [6, 6.07) is 5.44. The van der Waals surface area contributed by atoms with Crippen LogP contribution in [-0.2, 0) is 14.8 Å². The van der Waals surface area contributed by atoms with Gasteiger partial charge in [0.2, 0.25) is 10.0 Å². The molecule has 1 fully saturated rings. The molecule has 0 unspecified atom stereocenters. The normalized spacial score (nSPS) is 20.5. The summed E-state index contributed by atoms with van der Waals surface area (Å²) in [5.41, 5.74) is -1.47. The molecule has 1 aromatic carbocycles. The molecule has 3 N–H and O–H groups in total.